The minimum Gasteiger partial charge on any atom is -0.414 e. The van der Waals surface area contributed by atoms with Crippen LogP contribution in [0.1, 0.15) is 60.6 Å². The molecule has 0 spiro atoms. The van der Waals surface area contributed by atoms with Crippen LogP contribution in [0.2, 0.25) is 36.3 Å². The fourth-order valence-electron chi connectivity index (χ4n) is 4.05. The zero-order valence-electron chi connectivity index (χ0n) is 24.0. The molecule has 10 nitrogen and oxygen atoms in total. The SMILES string of the molecule is CC(C)(C)[Si](C)(C)OC[C@H]1O[C@@H](n2cnc3c(=O)[nH]c(N)nc32)C(O[Si](C)(C)C(C)(C)C)[C@@H]1CCC#N. The molecule has 0 aliphatic carbocycles. The standard InChI is InChI=1S/C25H44N6O4Si2/c1-24(2,3)36(7,8)33-14-17-16(12-11-13-26)19(35-37(9,10)25(4,5)6)22(34-17)31-15-28-18-20(31)29-23(27)30-21(18)32/h15-17,19,22H,11-12,14H2,1-10H3,(H3,27,29,30,32)/t16-,17-,19?,22-/m1/s1. The van der Waals surface area contributed by atoms with Gasteiger partial charge >= 0.3 is 0 Å². The van der Waals surface area contributed by atoms with Crippen LogP contribution in [0.5, 0.6) is 0 Å². The number of nitrogens with zero attached hydrogens (tertiary/aromatic N) is 4. The van der Waals surface area contributed by atoms with Crippen molar-refractivity contribution < 1.29 is 13.6 Å². The maximum absolute atomic E-state index is 12.5. The molecule has 1 saturated heterocycles. The molecule has 1 unspecified atom stereocenters. The number of fused-ring (bicyclic) bond motifs is 1. The van der Waals surface area contributed by atoms with E-state index >= 15 is 0 Å². The summed E-state index contributed by atoms with van der Waals surface area (Å²) in [5.41, 5.74) is 6.01. The number of nitrogens with one attached hydrogen (secondary N) is 1. The average molecular weight is 549 g/mol. The molecule has 0 radical (unpaired) electrons. The molecule has 1 aliphatic rings. The Hall–Kier alpha value is -2.05. The lowest BCUT2D eigenvalue weighted by Crippen LogP contribution is -2.47. The third-order valence-electron chi connectivity index (χ3n) is 8.46. The van der Waals surface area contributed by atoms with Crippen LogP contribution >= 0.6 is 0 Å². The molecule has 12 heteroatoms. The second-order valence-electron chi connectivity index (χ2n) is 13.1. The average Bonchev–Trinajstić information content (AvgIpc) is 3.30. The highest BCUT2D eigenvalue weighted by Gasteiger charge is 2.51. The Morgan fingerprint density at radius 3 is 2.35 bits per heavy atom. The van der Waals surface area contributed by atoms with Gasteiger partial charge in [-0.3, -0.25) is 14.3 Å². The number of H-pyrrole nitrogens is 1. The van der Waals surface area contributed by atoms with Gasteiger partial charge in [0.15, 0.2) is 34.0 Å². The normalized spacial score (nSPS) is 23.5. The van der Waals surface area contributed by atoms with Gasteiger partial charge in [-0.25, -0.2) is 4.98 Å². The zero-order valence-corrected chi connectivity index (χ0v) is 26.0. The molecule has 4 atom stereocenters. The summed E-state index contributed by atoms with van der Waals surface area (Å²) in [5.74, 6) is -0.0710. The molecule has 0 aromatic carbocycles. The Morgan fingerprint density at radius 2 is 1.78 bits per heavy atom. The van der Waals surface area contributed by atoms with Gasteiger partial charge in [-0.1, -0.05) is 41.5 Å². The second-order valence-corrected chi connectivity index (χ2v) is 22.7. The zero-order chi connectivity index (χ0) is 28.0. The molecule has 206 valence electrons. The van der Waals surface area contributed by atoms with Crippen molar-refractivity contribution in [3.8, 4) is 6.07 Å². The first-order valence-electron chi connectivity index (χ1n) is 13.0. The number of aromatic nitrogens is 4. The molecule has 3 heterocycles. The highest BCUT2D eigenvalue weighted by molar-refractivity contribution is 6.74. The van der Waals surface area contributed by atoms with Crippen LogP contribution in [0.3, 0.4) is 0 Å². The predicted octanol–water partition coefficient (Wildman–Crippen LogP) is 4.93. The predicted molar refractivity (Wildman–Crippen MR) is 150 cm³/mol. The Kier molecular flexibility index (Phi) is 8.18. The van der Waals surface area contributed by atoms with E-state index in [9.17, 15) is 10.1 Å². The van der Waals surface area contributed by atoms with Gasteiger partial charge in [0.25, 0.3) is 5.56 Å². The van der Waals surface area contributed by atoms with Gasteiger partial charge in [0.1, 0.15) is 0 Å². The summed E-state index contributed by atoms with van der Waals surface area (Å²) in [4.78, 5) is 23.7. The fourth-order valence-corrected chi connectivity index (χ4v) is 6.39. The minimum atomic E-state index is -2.26. The van der Waals surface area contributed by atoms with Gasteiger partial charge in [-0.05, 0) is 42.7 Å². The van der Waals surface area contributed by atoms with Gasteiger partial charge in [-0.15, -0.1) is 0 Å². The number of anilines is 1. The number of nitrogens with two attached hydrogens (primary N) is 1. The van der Waals surface area contributed by atoms with Gasteiger partial charge in [0, 0.05) is 12.3 Å². The highest BCUT2D eigenvalue weighted by Crippen LogP contribution is 2.46. The van der Waals surface area contributed by atoms with Crippen molar-refractivity contribution in [2.75, 3.05) is 12.3 Å². The first kappa shape index (κ1) is 29.5. The van der Waals surface area contributed by atoms with E-state index < -0.39 is 28.4 Å². The lowest BCUT2D eigenvalue weighted by atomic mass is 9.93. The van der Waals surface area contributed by atoms with Crippen LogP contribution in [0.4, 0.5) is 5.95 Å². The first-order chi connectivity index (χ1) is 16.9. The molecule has 0 bridgehead atoms. The van der Waals surface area contributed by atoms with Crippen molar-refractivity contribution in [2.45, 2.75) is 109 Å². The van der Waals surface area contributed by atoms with Crippen molar-refractivity contribution in [2.24, 2.45) is 5.92 Å². The third kappa shape index (κ3) is 6.01. The molecule has 2 aromatic heterocycles. The number of imidazole rings is 1. The number of nitrogen functional groups attached to an aromatic ring is 1. The number of aromatic amines is 1. The molecular formula is C25H44N6O4Si2. The number of ether oxygens (including phenoxy) is 1. The monoisotopic (exact) mass is 548 g/mol. The molecule has 0 saturated carbocycles. The molecule has 0 amide bonds. The number of nitriles is 1. The summed E-state index contributed by atoms with van der Waals surface area (Å²) in [6.45, 7) is 22.5. The van der Waals surface area contributed by atoms with Gasteiger partial charge in [0.05, 0.1) is 31.2 Å². The topological polar surface area (TPSA) is 141 Å². The first-order valence-corrected chi connectivity index (χ1v) is 18.8. The molecule has 1 fully saturated rings. The van der Waals surface area contributed by atoms with Gasteiger partial charge in [-0.2, -0.15) is 10.2 Å². The van der Waals surface area contributed by atoms with Crippen molar-refractivity contribution in [1.82, 2.24) is 19.5 Å². The lowest BCUT2D eigenvalue weighted by molar-refractivity contribution is -0.0452. The minimum absolute atomic E-state index is 0.0120. The summed E-state index contributed by atoms with van der Waals surface area (Å²) in [7, 11) is -4.30. The van der Waals surface area contributed by atoms with E-state index in [0.29, 0.717) is 25.1 Å². The van der Waals surface area contributed by atoms with E-state index in [0.717, 1.165) is 0 Å². The molecule has 3 N–H and O–H groups in total. The van der Waals surface area contributed by atoms with E-state index in [-0.39, 0.29) is 39.7 Å². The summed E-state index contributed by atoms with van der Waals surface area (Å²) in [6, 6.07) is 2.29. The lowest BCUT2D eigenvalue weighted by Gasteiger charge is -2.41. The van der Waals surface area contributed by atoms with Crippen LogP contribution in [0, 0.1) is 17.2 Å². The van der Waals surface area contributed by atoms with Crippen molar-refractivity contribution in [3.63, 3.8) is 0 Å². The second kappa shape index (κ2) is 10.3. The van der Waals surface area contributed by atoms with Crippen molar-refractivity contribution in [1.29, 1.82) is 5.26 Å². The Labute approximate surface area is 222 Å². The highest BCUT2D eigenvalue weighted by atomic mass is 28.4. The molecule has 2 aromatic rings. The van der Waals surface area contributed by atoms with E-state index in [1.54, 1.807) is 10.9 Å². The quantitative estimate of drug-likeness (QED) is 0.442. The summed E-state index contributed by atoms with van der Waals surface area (Å²) >= 11 is 0. The van der Waals surface area contributed by atoms with E-state index in [1.165, 1.54) is 0 Å². The van der Waals surface area contributed by atoms with E-state index in [4.69, 9.17) is 19.3 Å². The molecule has 37 heavy (non-hydrogen) atoms. The van der Waals surface area contributed by atoms with Crippen LogP contribution in [0.15, 0.2) is 11.1 Å². The van der Waals surface area contributed by atoms with Crippen LogP contribution in [-0.2, 0) is 13.6 Å². The maximum Gasteiger partial charge on any atom is 0.280 e. The van der Waals surface area contributed by atoms with Crippen LogP contribution in [0.25, 0.3) is 11.2 Å². The van der Waals surface area contributed by atoms with Gasteiger partial charge in [0.2, 0.25) is 5.95 Å². The maximum atomic E-state index is 12.5. The Bertz CT molecular complexity index is 1200. The van der Waals surface area contributed by atoms with Crippen LogP contribution < -0.4 is 11.3 Å². The van der Waals surface area contributed by atoms with E-state index in [2.05, 4.69) is 88.8 Å². The summed E-state index contributed by atoms with van der Waals surface area (Å²) < 4.78 is 22.1. The van der Waals surface area contributed by atoms with E-state index in [1.807, 2.05) is 0 Å². The largest absolute Gasteiger partial charge is 0.414 e. The molecular weight excluding hydrogens is 504 g/mol. The van der Waals surface area contributed by atoms with Crippen molar-refractivity contribution in [3.05, 3.63) is 16.7 Å². The third-order valence-corrected chi connectivity index (χ3v) is 17.4. The Morgan fingerprint density at radius 1 is 1.16 bits per heavy atom. The number of hydrogen-bond acceptors (Lipinski definition) is 8. The number of hydrogen-bond donors (Lipinski definition) is 2. The summed E-state index contributed by atoms with van der Waals surface area (Å²) in [6.07, 6.45) is 1.30. The summed E-state index contributed by atoms with van der Waals surface area (Å²) in [5, 5.41) is 9.47. The van der Waals surface area contributed by atoms with Crippen molar-refractivity contribution >= 4 is 33.7 Å². The molecule has 1 aliphatic heterocycles. The van der Waals surface area contributed by atoms with Gasteiger partial charge < -0.3 is 19.3 Å². The fraction of sp³-hybridized carbons (Fsp3) is 0.760. The molecule has 3 rings (SSSR count). The Balaban J connectivity index is 2.08. The smallest absolute Gasteiger partial charge is 0.280 e. The van der Waals surface area contributed by atoms with Crippen LogP contribution in [-0.4, -0.2) is 55.0 Å². The number of rotatable bonds is 8.